The van der Waals surface area contributed by atoms with Crippen molar-refractivity contribution in [1.29, 1.82) is 0 Å². The van der Waals surface area contributed by atoms with E-state index in [2.05, 4.69) is 11.6 Å². The number of aromatic amines is 1. The Morgan fingerprint density at radius 2 is 2.33 bits per heavy atom. The van der Waals surface area contributed by atoms with Crippen LogP contribution in [0.3, 0.4) is 0 Å². The SMILES string of the molecule is C=C(C)/C=C\C=C/c1cc[nH]c1. The predicted octanol–water partition coefficient (Wildman–Crippen LogP) is 3.16. The molecule has 0 aromatic carbocycles. The second-order valence-corrected chi connectivity index (χ2v) is 2.71. The average molecular weight is 159 g/mol. The van der Waals surface area contributed by atoms with Gasteiger partial charge in [0.15, 0.2) is 0 Å². The highest BCUT2D eigenvalue weighted by Crippen LogP contribution is 1.99. The van der Waals surface area contributed by atoms with Crippen LogP contribution in [0.15, 0.2) is 48.8 Å². The molecule has 1 heterocycles. The Morgan fingerprint density at radius 3 is 2.92 bits per heavy atom. The first-order valence-electron chi connectivity index (χ1n) is 3.92. The van der Waals surface area contributed by atoms with Gasteiger partial charge in [-0.1, -0.05) is 36.5 Å². The lowest BCUT2D eigenvalue weighted by molar-refractivity contribution is 1.41. The minimum Gasteiger partial charge on any atom is -0.367 e. The zero-order valence-corrected chi connectivity index (χ0v) is 7.25. The molecular formula is C11H13N. The second-order valence-electron chi connectivity index (χ2n) is 2.71. The van der Waals surface area contributed by atoms with Crippen molar-refractivity contribution in [3.63, 3.8) is 0 Å². The first-order chi connectivity index (χ1) is 5.79. The van der Waals surface area contributed by atoms with Crippen LogP contribution in [0.1, 0.15) is 12.5 Å². The van der Waals surface area contributed by atoms with Crippen molar-refractivity contribution < 1.29 is 0 Å². The van der Waals surface area contributed by atoms with Crippen LogP contribution >= 0.6 is 0 Å². The van der Waals surface area contributed by atoms with Crippen LogP contribution in [0, 0.1) is 0 Å². The van der Waals surface area contributed by atoms with E-state index < -0.39 is 0 Å². The van der Waals surface area contributed by atoms with Crippen LogP contribution in [0.5, 0.6) is 0 Å². The summed E-state index contributed by atoms with van der Waals surface area (Å²) >= 11 is 0. The molecule has 0 aliphatic rings. The van der Waals surface area contributed by atoms with Gasteiger partial charge in [0.05, 0.1) is 0 Å². The third kappa shape index (κ3) is 3.06. The lowest BCUT2D eigenvalue weighted by Crippen LogP contribution is -1.60. The molecule has 1 aromatic rings. The molecular weight excluding hydrogens is 146 g/mol. The van der Waals surface area contributed by atoms with Crippen LogP contribution in [0.2, 0.25) is 0 Å². The van der Waals surface area contributed by atoms with Crippen molar-refractivity contribution in [2.75, 3.05) is 0 Å². The van der Waals surface area contributed by atoms with E-state index in [0.717, 1.165) is 5.57 Å². The fourth-order valence-corrected chi connectivity index (χ4v) is 0.827. The maximum absolute atomic E-state index is 3.76. The van der Waals surface area contributed by atoms with Crippen molar-refractivity contribution in [3.05, 3.63) is 54.4 Å². The topological polar surface area (TPSA) is 15.8 Å². The molecule has 0 unspecified atom stereocenters. The van der Waals surface area contributed by atoms with Crippen molar-refractivity contribution in [3.8, 4) is 0 Å². The molecule has 0 spiro atoms. The van der Waals surface area contributed by atoms with Gasteiger partial charge in [-0.15, -0.1) is 0 Å². The van der Waals surface area contributed by atoms with Crippen LogP contribution < -0.4 is 0 Å². The van der Waals surface area contributed by atoms with Crippen LogP contribution in [0.4, 0.5) is 0 Å². The van der Waals surface area contributed by atoms with Gasteiger partial charge in [-0.25, -0.2) is 0 Å². The van der Waals surface area contributed by atoms with Gasteiger partial charge in [0.1, 0.15) is 0 Å². The van der Waals surface area contributed by atoms with Gasteiger partial charge in [-0.3, -0.25) is 0 Å². The Labute approximate surface area is 73.1 Å². The predicted molar refractivity (Wildman–Crippen MR) is 53.8 cm³/mol. The molecule has 1 nitrogen and oxygen atoms in total. The van der Waals surface area contributed by atoms with Crippen molar-refractivity contribution in [2.45, 2.75) is 6.92 Å². The normalized spacial score (nSPS) is 11.4. The van der Waals surface area contributed by atoms with Crippen molar-refractivity contribution in [1.82, 2.24) is 4.98 Å². The van der Waals surface area contributed by atoms with E-state index in [9.17, 15) is 0 Å². The van der Waals surface area contributed by atoms with E-state index in [0.29, 0.717) is 0 Å². The van der Waals surface area contributed by atoms with Gasteiger partial charge in [0.25, 0.3) is 0 Å². The molecule has 0 radical (unpaired) electrons. The number of rotatable bonds is 3. The highest BCUT2D eigenvalue weighted by atomic mass is 14.6. The summed E-state index contributed by atoms with van der Waals surface area (Å²) in [5.74, 6) is 0. The van der Waals surface area contributed by atoms with Crippen LogP contribution in [-0.2, 0) is 0 Å². The Kier molecular flexibility index (Phi) is 3.15. The van der Waals surface area contributed by atoms with E-state index in [1.807, 2.05) is 49.7 Å². The summed E-state index contributed by atoms with van der Waals surface area (Å²) in [6, 6.07) is 2.02. The molecule has 1 aromatic heterocycles. The van der Waals surface area contributed by atoms with Crippen LogP contribution in [0.25, 0.3) is 6.08 Å². The molecule has 0 aliphatic heterocycles. The standard InChI is InChI=1S/C11H13N/c1-10(2)5-3-4-6-11-7-8-12-9-11/h3-9,12H,1H2,2H3/b5-3-,6-4-. The fraction of sp³-hybridized carbons (Fsp3) is 0.0909. The molecule has 0 fully saturated rings. The summed E-state index contributed by atoms with van der Waals surface area (Å²) in [6.07, 6.45) is 11.8. The summed E-state index contributed by atoms with van der Waals surface area (Å²) in [6.45, 7) is 5.74. The molecule has 1 rings (SSSR count). The van der Waals surface area contributed by atoms with Gasteiger partial charge in [0, 0.05) is 12.4 Å². The van der Waals surface area contributed by atoms with Crippen molar-refractivity contribution >= 4 is 6.08 Å². The Hall–Kier alpha value is -1.50. The molecule has 0 bridgehead atoms. The van der Waals surface area contributed by atoms with E-state index in [-0.39, 0.29) is 0 Å². The number of hydrogen-bond donors (Lipinski definition) is 1. The highest BCUT2D eigenvalue weighted by molar-refractivity contribution is 5.50. The maximum Gasteiger partial charge on any atom is 0.00781 e. The van der Waals surface area contributed by atoms with Gasteiger partial charge in [-0.05, 0) is 18.6 Å². The molecule has 0 saturated carbocycles. The summed E-state index contributed by atoms with van der Waals surface area (Å²) in [4.78, 5) is 2.99. The summed E-state index contributed by atoms with van der Waals surface area (Å²) in [5, 5.41) is 0. The van der Waals surface area contributed by atoms with Gasteiger partial charge in [-0.2, -0.15) is 0 Å². The molecule has 0 aliphatic carbocycles. The van der Waals surface area contributed by atoms with E-state index in [4.69, 9.17) is 0 Å². The Balaban J connectivity index is 2.47. The maximum atomic E-state index is 3.76. The summed E-state index contributed by atoms with van der Waals surface area (Å²) in [7, 11) is 0. The molecule has 12 heavy (non-hydrogen) atoms. The van der Waals surface area contributed by atoms with E-state index in [1.165, 1.54) is 5.56 Å². The minimum absolute atomic E-state index is 1.06. The fourth-order valence-electron chi connectivity index (χ4n) is 0.827. The highest BCUT2D eigenvalue weighted by Gasteiger charge is 1.80. The monoisotopic (exact) mass is 159 g/mol. The smallest absolute Gasteiger partial charge is 0.00781 e. The van der Waals surface area contributed by atoms with Gasteiger partial charge in [0.2, 0.25) is 0 Å². The Morgan fingerprint density at radius 1 is 1.50 bits per heavy atom. The van der Waals surface area contributed by atoms with Crippen LogP contribution in [-0.4, -0.2) is 4.98 Å². The van der Waals surface area contributed by atoms with E-state index in [1.54, 1.807) is 0 Å². The number of aromatic nitrogens is 1. The average Bonchev–Trinajstić information content (AvgIpc) is 2.49. The molecule has 1 N–H and O–H groups in total. The molecule has 0 atom stereocenters. The number of hydrogen-bond acceptors (Lipinski definition) is 0. The molecule has 1 heteroatoms. The number of allylic oxidation sites excluding steroid dienone is 4. The third-order valence-corrected chi connectivity index (χ3v) is 1.40. The molecule has 0 amide bonds. The lowest BCUT2D eigenvalue weighted by atomic mass is 10.2. The van der Waals surface area contributed by atoms with Crippen molar-refractivity contribution in [2.24, 2.45) is 0 Å². The quantitative estimate of drug-likeness (QED) is 0.652. The molecule has 62 valence electrons. The van der Waals surface area contributed by atoms with Gasteiger partial charge >= 0.3 is 0 Å². The largest absolute Gasteiger partial charge is 0.367 e. The zero-order valence-electron chi connectivity index (χ0n) is 7.25. The Bertz CT molecular complexity index is 289. The third-order valence-electron chi connectivity index (χ3n) is 1.40. The molecule has 0 saturated heterocycles. The minimum atomic E-state index is 1.06. The summed E-state index contributed by atoms with van der Waals surface area (Å²) < 4.78 is 0. The second kappa shape index (κ2) is 4.39. The summed E-state index contributed by atoms with van der Waals surface area (Å²) in [5.41, 5.74) is 2.25. The zero-order chi connectivity index (χ0) is 8.81. The van der Waals surface area contributed by atoms with E-state index >= 15 is 0 Å². The number of nitrogens with one attached hydrogen (secondary N) is 1. The first kappa shape index (κ1) is 8.60. The number of H-pyrrole nitrogens is 1. The lowest BCUT2D eigenvalue weighted by Gasteiger charge is -1.81. The van der Waals surface area contributed by atoms with Gasteiger partial charge < -0.3 is 4.98 Å². The first-order valence-corrected chi connectivity index (χ1v) is 3.92.